The molecule has 0 atom stereocenters. The van der Waals surface area contributed by atoms with E-state index in [1.807, 2.05) is 31.3 Å². The van der Waals surface area contributed by atoms with Crippen molar-refractivity contribution >= 4 is 23.1 Å². The smallest absolute Gasteiger partial charge is 0.126 e. The molecule has 0 saturated carbocycles. The number of hydrogen-bond donors (Lipinski definition) is 1. The number of fused-ring (bicyclic) bond motifs is 1. The predicted molar refractivity (Wildman–Crippen MR) is 111 cm³/mol. The number of allylic oxidation sites excluding steroid dienone is 1. The molecule has 27 heavy (non-hydrogen) atoms. The summed E-state index contributed by atoms with van der Waals surface area (Å²) in [7, 11) is 0. The maximum Gasteiger partial charge on any atom is 0.126 e. The Morgan fingerprint density at radius 2 is 1.89 bits per heavy atom. The van der Waals surface area contributed by atoms with Gasteiger partial charge in [0.1, 0.15) is 12.3 Å². The van der Waals surface area contributed by atoms with Crippen molar-refractivity contribution in [2.75, 3.05) is 26.2 Å². The summed E-state index contributed by atoms with van der Waals surface area (Å²) in [6.07, 6.45) is 5.62. The summed E-state index contributed by atoms with van der Waals surface area (Å²) < 4.78 is 5.34. The molecule has 3 aromatic rings. The number of furan rings is 1. The second kappa shape index (κ2) is 8.23. The fraction of sp³-hybridized carbons (Fsp3) is 0.261. The van der Waals surface area contributed by atoms with Gasteiger partial charge in [-0.25, -0.2) is 0 Å². The number of nitrogens with zero attached hydrogens (tertiary/aromatic N) is 2. The number of nitrogens with one attached hydrogen (secondary N) is 1. The molecule has 0 spiro atoms. The number of benzene rings is 2. The average Bonchev–Trinajstić information content (AvgIpc) is 3.21. The largest absolute Gasteiger partial charge is 0.465 e. The Morgan fingerprint density at radius 1 is 1.07 bits per heavy atom. The van der Waals surface area contributed by atoms with E-state index in [0.717, 1.165) is 44.1 Å². The zero-order valence-electron chi connectivity index (χ0n) is 15.8. The van der Waals surface area contributed by atoms with Crippen LogP contribution in [0, 0.1) is 0 Å². The van der Waals surface area contributed by atoms with Crippen molar-refractivity contribution in [1.82, 2.24) is 5.01 Å². The fourth-order valence-corrected chi connectivity index (χ4v) is 3.63. The minimum atomic E-state index is 0.864. The molecule has 138 valence electrons. The summed E-state index contributed by atoms with van der Waals surface area (Å²) in [6.45, 7) is 7.34. The van der Waals surface area contributed by atoms with Crippen LogP contribution < -0.4 is 4.90 Å². The molecule has 1 aliphatic heterocycles. The lowest BCUT2D eigenvalue weighted by atomic mass is 10.0. The molecule has 1 N–H and O–H groups in total. The van der Waals surface area contributed by atoms with Gasteiger partial charge in [-0.05, 0) is 41.5 Å². The van der Waals surface area contributed by atoms with E-state index in [2.05, 4.69) is 52.6 Å². The summed E-state index contributed by atoms with van der Waals surface area (Å²) in [5, 5.41) is 9.52. The van der Waals surface area contributed by atoms with Gasteiger partial charge in [0.05, 0.1) is 38.7 Å². The Kier molecular flexibility index (Phi) is 5.35. The Labute approximate surface area is 160 Å². The van der Waals surface area contributed by atoms with Crippen LogP contribution in [0.3, 0.4) is 0 Å². The Balaban J connectivity index is 1.33. The van der Waals surface area contributed by atoms with Crippen LogP contribution in [-0.2, 0) is 6.54 Å². The molecule has 0 radical (unpaired) electrons. The fourth-order valence-electron chi connectivity index (χ4n) is 3.63. The molecule has 4 rings (SSSR count). The number of piperazine rings is 1. The highest BCUT2D eigenvalue weighted by atomic mass is 16.3. The zero-order chi connectivity index (χ0) is 18.5. The first-order chi connectivity index (χ1) is 13.3. The molecule has 4 nitrogen and oxygen atoms in total. The van der Waals surface area contributed by atoms with Gasteiger partial charge in [0.15, 0.2) is 0 Å². The lowest BCUT2D eigenvalue weighted by molar-refractivity contribution is -0.918. The Hall–Kier alpha value is -2.85. The molecule has 1 aromatic heterocycles. The second-order valence-corrected chi connectivity index (χ2v) is 7.17. The minimum Gasteiger partial charge on any atom is -0.465 e. The second-order valence-electron chi connectivity index (χ2n) is 7.17. The lowest BCUT2D eigenvalue weighted by Crippen LogP contribution is -3.13. The average molecular weight is 360 g/mol. The number of hydrogen-bond acceptors (Lipinski definition) is 3. The van der Waals surface area contributed by atoms with E-state index >= 15 is 0 Å². The molecule has 1 fully saturated rings. The van der Waals surface area contributed by atoms with Crippen LogP contribution in [0.1, 0.15) is 18.2 Å². The van der Waals surface area contributed by atoms with E-state index in [9.17, 15) is 0 Å². The van der Waals surface area contributed by atoms with Crippen LogP contribution in [-0.4, -0.2) is 37.4 Å². The van der Waals surface area contributed by atoms with E-state index in [1.165, 1.54) is 16.3 Å². The summed E-state index contributed by atoms with van der Waals surface area (Å²) >= 11 is 0. The van der Waals surface area contributed by atoms with Crippen LogP contribution in [0.4, 0.5) is 0 Å². The molecular weight excluding hydrogens is 334 g/mol. The van der Waals surface area contributed by atoms with E-state index < -0.39 is 0 Å². The first-order valence-corrected chi connectivity index (χ1v) is 9.59. The lowest BCUT2D eigenvalue weighted by Gasteiger charge is -2.30. The highest BCUT2D eigenvalue weighted by Crippen LogP contribution is 2.17. The van der Waals surface area contributed by atoms with Crippen LogP contribution in [0.15, 0.2) is 76.0 Å². The number of rotatable bonds is 5. The van der Waals surface area contributed by atoms with Gasteiger partial charge in [-0.15, -0.1) is 0 Å². The first kappa shape index (κ1) is 17.6. The standard InChI is InChI=1S/C23H25N3O/c1-19(16-22-9-5-15-27-22)17-24-26-13-11-25(12-14-26)18-21-8-4-7-20-6-2-3-10-23(20)21/h2-10,15-17H,11-14,18H2,1H3/p+1/b19-16+,24-17-. The van der Waals surface area contributed by atoms with Gasteiger partial charge in [0.25, 0.3) is 0 Å². The molecule has 0 unspecified atom stereocenters. The molecule has 1 saturated heterocycles. The maximum atomic E-state index is 5.34. The SMILES string of the molecule is CC(/C=N\N1CC[NH+](Cc2cccc3ccccc23)CC1)=C\c1ccco1. The van der Waals surface area contributed by atoms with Crippen LogP contribution in [0.5, 0.6) is 0 Å². The molecule has 0 amide bonds. The molecule has 0 aliphatic carbocycles. The van der Waals surface area contributed by atoms with Crippen molar-refractivity contribution in [2.45, 2.75) is 13.5 Å². The molecule has 2 aromatic carbocycles. The van der Waals surface area contributed by atoms with Crippen LogP contribution in [0.2, 0.25) is 0 Å². The number of hydrazone groups is 1. The van der Waals surface area contributed by atoms with Gasteiger partial charge in [0, 0.05) is 5.56 Å². The first-order valence-electron chi connectivity index (χ1n) is 9.59. The van der Waals surface area contributed by atoms with Crippen LogP contribution in [0.25, 0.3) is 16.8 Å². The van der Waals surface area contributed by atoms with Gasteiger partial charge in [-0.1, -0.05) is 42.5 Å². The van der Waals surface area contributed by atoms with E-state index in [-0.39, 0.29) is 0 Å². The molecule has 4 heteroatoms. The van der Waals surface area contributed by atoms with Gasteiger partial charge in [-0.3, -0.25) is 5.01 Å². The summed E-state index contributed by atoms with van der Waals surface area (Å²) in [5.41, 5.74) is 2.53. The third-order valence-electron chi connectivity index (χ3n) is 5.11. The number of quaternary nitrogens is 1. The van der Waals surface area contributed by atoms with E-state index in [1.54, 1.807) is 11.2 Å². The van der Waals surface area contributed by atoms with Gasteiger partial charge in [0.2, 0.25) is 0 Å². The van der Waals surface area contributed by atoms with Gasteiger partial charge >= 0.3 is 0 Å². The van der Waals surface area contributed by atoms with Crippen molar-refractivity contribution in [2.24, 2.45) is 5.10 Å². The predicted octanol–water partition coefficient (Wildman–Crippen LogP) is 3.22. The van der Waals surface area contributed by atoms with Crippen molar-refractivity contribution in [1.29, 1.82) is 0 Å². The normalized spacial score (nSPS) is 16.5. The molecule has 1 aliphatic rings. The van der Waals surface area contributed by atoms with Crippen molar-refractivity contribution in [3.05, 3.63) is 77.8 Å². The van der Waals surface area contributed by atoms with Crippen molar-refractivity contribution in [3.8, 4) is 0 Å². The van der Waals surface area contributed by atoms with Crippen molar-refractivity contribution in [3.63, 3.8) is 0 Å². The summed E-state index contributed by atoms with van der Waals surface area (Å²) in [6, 6.07) is 19.2. The Morgan fingerprint density at radius 3 is 2.70 bits per heavy atom. The highest BCUT2D eigenvalue weighted by molar-refractivity contribution is 5.85. The van der Waals surface area contributed by atoms with Crippen molar-refractivity contribution < 1.29 is 9.32 Å². The summed E-state index contributed by atoms with van der Waals surface area (Å²) in [5.74, 6) is 0.864. The highest BCUT2D eigenvalue weighted by Gasteiger charge is 2.19. The monoisotopic (exact) mass is 360 g/mol. The third kappa shape index (κ3) is 4.47. The molecule has 2 heterocycles. The van der Waals surface area contributed by atoms with E-state index in [4.69, 9.17) is 4.42 Å². The summed E-state index contributed by atoms with van der Waals surface area (Å²) in [4.78, 5) is 1.63. The topological polar surface area (TPSA) is 33.2 Å². The third-order valence-corrected chi connectivity index (χ3v) is 5.11. The van der Waals surface area contributed by atoms with Gasteiger partial charge in [-0.2, -0.15) is 5.10 Å². The van der Waals surface area contributed by atoms with Crippen LogP contribution >= 0.6 is 0 Å². The zero-order valence-corrected chi connectivity index (χ0v) is 15.8. The van der Waals surface area contributed by atoms with E-state index in [0.29, 0.717) is 0 Å². The maximum absolute atomic E-state index is 5.34. The molecular formula is C23H26N3O+. The molecule has 0 bridgehead atoms. The quantitative estimate of drug-likeness (QED) is 0.709. The Bertz CT molecular complexity index is 930. The minimum absolute atomic E-state index is 0.864. The van der Waals surface area contributed by atoms with Gasteiger partial charge < -0.3 is 9.32 Å².